The fourth-order valence-electron chi connectivity index (χ4n) is 2.64. The first-order valence-electron chi connectivity index (χ1n) is 7.15. The molecule has 3 heteroatoms. The maximum Gasteiger partial charge on any atom is 0.182 e. The van der Waals surface area contributed by atoms with E-state index < -0.39 is 0 Å². The highest BCUT2D eigenvalue weighted by Gasteiger charge is 2.17. The summed E-state index contributed by atoms with van der Waals surface area (Å²) in [6.07, 6.45) is 3.42. The number of hydrogen-bond donors (Lipinski definition) is 1. The highest BCUT2D eigenvalue weighted by Crippen LogP contribution is 2.36. The van der Waals surface area contributed by atoms with Crippen molar-refractivity contribution in [3.8, 4) is 33.8 Å². The van der Waals surface area contributed by atoms with E-state index >= 15 is 0 Å². The average Bonchev–Trinajstić information content (AvgIpc) is 3.25. The van der Waals surface area contributed by atoms with Crippen LogP contribution in [0.25, 0.3) is 33.8 Å². The summed E-state index contributed by atoms with van der Waals surface area (Å²) < 4.78 is 5.68. The molecule has 106 valence electrons. The van der Waals surface area contributed by atoms with E-state index in [4.69, 9.17) is 4.42 Å². The number of aromatic amines is 1. The number of nitrogens with one attached hydrogen (secondary N) is 1. The topological polar surface area (TPSA) is 41.8 Å². The minimum atomic E-state index is 0.759. The third-order valence-corrected chi connectivity index (χ3v) is 3.67. The van der Waals surface area contributed by atoms with Gasteiger partial charge in [0, 0.05) is 17.3 Å². The summed E-state index contributed by atoms with van der Waals surface area (Å²) in [6, 6.07) is 22.4. The van der Waals surface area contributed by atoms with Gasteiger partial charge in [0.15, 0.2) is 12.2 Å². The van der Waals surface area contributed by atoms with Gasteiger partial charge in [0.25, 0.3) is 0 Å². The Morgan fingerprint density at radius 3 is 2.18 bits per heavy atom. The summed E-state index contributed by atoms with van der Waals surface area (Å²) in [5.41, 5.74) is 5.09. The predicted molar refractivity (Wildman–Crippen MR) is 87.2 cm³/mol. The zero-order chi connectivity index (χ0) is 14.8. The van der Waals surface area contributed by atoms with Crippen molar-refractivity contribution in [1.82, 2.24) is 9.97 Å². The lowest BCUT2D eigenvalue weighted by Crippen LogP contribution is -1.85. The second-order valence-corrected chi connectivity index (χ2v) is 5.03. The van der Waals surface area contributed by atoms with Crippen molar-refractivity contribution < 1.29 is 4.42 Å². The first kappa shape index (κ1) is 12.7. The van der Waals surface area contributed by atoms with Crippen LogP contribution in [0.1, 0.15) is 0 Å². The van der Waals surface area contributed by atoms with Gasteiger partial charge in [-0.3, -0.25) is 0 Å². The summed E-state index contributed by atoms with van der Waals surface area (Å²) in [4.78, 5) is 7.67. The number of rotatable bonds is 3. The van der Waals surface area contributed by atoms with Gasteiger partial charge in [0.2, 0.25) is 0 Å². The number of oxazole rings is 1. The number of aromatic nitrogens is 2. The molecule has 0 radical (unpaired) electrons. The molecule has 0 spiro atoms. The minimum absolute atomic E-state index is 0.759. The lowest BCUT2D eigenvalue weighted by Gasteiger charge is -2.04. The molecular weight excluding hydrogens is 272 g/mol. The second-order valence-electron chi connectivity index (χ2n) is 5.03. The van der Waals surface area contributed by atoms with Crippen molar-refractivity contribution in [2.75, 3.05) is 0 Å². The Hall–Kier alpha value is -3.07. The Morgan fingerprint density at radius 1 is 0.773 bits per heavy atom. The molecule has 4 rings (SSSR count). The molecule has 0 aliphatic carbocycles. The van der Waals surface area contributed by atoms with Crippen LogP contribution >= 0.6 is 0 Å². The molecule has 0 saturated heterocycles. The van der Waals surface area contributed by atoms with Crippen molar-refractivity contribution in [2.45, 2.75) is 0 Å². The van der Waals surface area contributed by atoms with Gasteiger partial charge in [-0.25, -0.2) is 4.98 Å². The van der Waals surface area contributed by atoms with Crippen molar-refractivity contribution >= 4 is 0 Å². The van der Waals surface area contributed by atoms with Crippen LogP contribution < -0.4 is 0 Å². The lowest BCUT2D eigenvalue weighted by atomic mass is 10.0. The molecule has 2 aromatic heterocycles. The van der Waals surface area contributed by atoms with Gasteiger partial charge in [0.1, 0.15) is 5.69 Å². The molecule has 0 unspecified atom stereocenters. The summed E-state index contributed by atoms with van der Waals surface area (Å²) in [5.74, 6) is 0.759. The quantitative estimate of drug-likeness (QED) is 0.575. The summed E-state index contributed by atoms with van der Waals surface area (Å²) in [7, 11) is 0. The number of H-pyrrole nitrogens is 1. The Kier molecular flexibility index (Phi) is 3.09. The summed E-state index contributed by atoms with van der Waals surface area (Å²) >= 11 is 0. The predicted octanol–water partition coefficient (Wildman–Crippen LogP) is 5.00. The third-order valence-electron chi connectivity index (χ3n) is 3.67. The van der Waals surface area contributed by atoms with Gasteiger partial charge in [0.05, 0.1) is 5.69 Å². The van der Waals surface area contributed by atoms with Crippen LogP contribution in [0.15, 0.2) is 83.7 Å². The second kappa shape index (κ2) is 5.37. The Balaban J connectivity index is 1.86. The van der Waals surface area contributed by atoms with E-state index in [2.05, 4.69) is 28.2 Å². The Labute approximate surface area is 128 Å². The molecule has 3 nitrogen and oxygen atoms in total. The van der Waals surface area contributed by atoms with Gasteiger partial charge in [-0.2, -0.15) is 0 Å². The number of nitrogens with zero attached hydrogens (tertiary/aromatic N) is 1. The van der Waals surface area contributed by atoms with E-state index in [0.29, 0.717) is 0 Å². The monoisotopic (exact) mass is 286 g/mol. The van der Waals surface area contributed by atoms with Crippen LogP contribution in [0.3, 0.4) is 0 Å². The summed E-state index contributed by atoms with van der Waals surface area (Å²) in [5, 5.41) is 0. The van der Waals surface area contributed by atoms with E-state index in [9.17, 15) is 0 Å². The molecule has 0 atom stereocenters. The molecule has 0 aliphatic rings. The van der Waals surface area contributed by atoms with Crippen molar-refractivity contribution in [3.05, 3.63) is 79.3 Å². The van der Waals surface area contributed by atoms with Crippen LogP contribution in [-0.4, -0.2) is 9.97 Å². The van der Waals surface area contributed by atoms with E-state index in [1.807, 2.05) is 54.7 Å². The van der Waals surface area contributed by atoms with E-state index in [1.54, 1.807) is 0 Å². The van der Waals surface area contributed by atoms with Crippen molar-refractivity contribution in [2.24, 2.45) is 0 Å². The summed E-state index contributed by atoms with van der Waals surface area (Å²) in [6.45, 7) is 0. The highest BCUT2D eigenvalue weighted by atomic mass is 16.3. The van der Waals surface area contributed by atoms with Gasteiger partial charge >= 0.3 is 0 Å². The third kappa shape index (κ3) is 2.13. The molecule has 2 aromatic carbocycles. The maximum atomic E-state index is 5.68. The Morgan fingerprint density at radius 2 is 1.45 bits per heavy atom. The van der Waals surface area contributed by atoms with Crippen LogP contribution in [0, 0.1) is 0 Å². The zero-order valence-electron chi connectivity index (χ0n) is 11.9. The standard InChI is InChI=1S/C19H14N2O/c1-3-7-14(8-4-1)16-11-12-20-18(16)19-17(21-13-22-19)15-9-5-2-6-10-15/h1-13,20H. The molecule has 2 heterocycles. The van der Waals surface area contributed by atoms with Crippen molar-refractivity contribution in [1.29, 1.82) is 0 Å². The van der Waals surface area contributed by atoms with Crippen LogP contribution in [-0.2, 0) is 0 Å². The molecule has 0 aliphatic heterocycles. The molecule has 0 amide bonds. The molecule has 0 bridgehead atoms. The van der Waals surface area contributed by atoms with Gasteiger partial charge in [-0.05, 0) is 11.6 Å². The fourth-order valence-corrected chi connectivity index (χ4v) is 2.64. The average molecular weight is 286 g/mol. The number of benzene rings is 2. The molecule has 1 N–H and O–H groups in total. The maximum absolute atomic E-state index is 5.68. The van der Waals surface area contributed by atoms with Gasteiger partial charge in [-0.15, -0.1) is 0 Å². The van der Waals surface area contributed by atoms with E-state index in [1.165, 1.54) is 6.39 Å². The van der Waals surface area contributed by atoms with Crippen LogP contribution in [0.4, 0.5) is 0 Å². The highest BCUT2D eigenvalue weighted by molar-refractivity contribution is 5.85. The first-order chi connectivity index (χ1) is 10.9. The van der Waals surface area contributed by atoms with Crippen molar-refractivity contribution in [3.63, 3.8) is 0 Å². The van der Waals surface area contributed by atoms with Crippen LogP contribution in [0.2, 0.25) is 0 Å². The largest absolute Gasteiger partial charge is 0.441 e. The molecule has 4 aromatic rings. The van der Waals surface area contributed by atoms with E-state index in [-0.39, 0.29) is 0 Å². The number of hydrogen-bond acceptors (Lipinski definition) is 2. The van der Waals surface area contributed by atoms with Gasteiger partial charge < -0.3 is 9.40 Å². The van der Waals surface area contributed by atoms with Crippen LogP contribution in [0.5, 0.6) is 0 Å². The Bertz CT molecular complexity index is 800. The first-order valence-corrected chi connectivity index (χ1v) is 7.15. The molecule has 0 fully saturated rings. The smallest absolute Gasteiger partial charge is 0.182 e. The van der Waals surface area contributed by atoms with E-state index in [0.717, 1.165) is 33.8 Å². The lowest BCUT2D eigenvalue weighted by molar-refractivity contribution is 0.570. The molecular formula is C19H14N2O. The van der Waals surface area contributed by atoms with Gasteiger partial charge in [-0.1, -0.05) is 60.7 Å². The zero-order valence-corrected chi connectivity index (χ0v) is 11.9. The fraction of sp³-hybridized carbons (Fsp3) is 0. The molecule has 22 heavy (non-hydrogen) atoms. The minimum Gasteiger partial charge on any atom is -0.441 e. The normalized spacial score (nSPS) is 10.7. The SMILES string of the molecule is c1ccc(-c2cc[nH]c2-c2ocnc2-c2ccccc2)cc1. The molecule has 0 saturated carbocycles.